The zero-order valence-electron chi connectivity index (χ0n) is 15.0. The van der Waals surface area contributed by atoms with Crippen LogP contribution >= 0.6 is 0 Å². The van der Waals surface area contributed by atoms with Crippen molar-refractivity contribution in [2.45, 2.75) is 38.3 Å². The molecule has 1 aromatic heterocycles. The van der Waals surface area contributed by atoms with Crippen LogP contribution in [0.2, 0.25) is 0 Å². The number of hydrogen-bond acceptors (Lipinski definition) is 3. The predicted molar refractivity (Wildman–Crippen MR) is 103 cm³/mol. The van der Waals surface area contributed by atoms with Crippen LogP contribution in [-0.2, 0) is 11.3 Å². The molecule has 3 rings (SSSR count). The van der Waals surface area contributed by atoms with E-state index in [1.165, 1.54) is 11.1 Å². The quantitative estimate of drug-likeness (QED) is 0.714. The Hall–Kier alpha value is -2.46. The molecule has 1 aliphatic rings. The van der Waals surface area contributed by atoms with Crippen molar-refractivity contribution in [2.24, 2.45) is 5.92 Å². The molecule has 26 heavy (non-hydrogen) atoms. The largest absolute Gasteiger partial charge is 0.481 e. The number of aromatic nitrogens is 1. The lowest BCUT2D eigenvalue weighted by Gasteiger charge is -2.28. The second-order valence-electron chi connectivity index (χ2n) is 6.88. The van der Waals surface area contributed by atoms with Crippen molar-refractivity contribution in [2.75, 3.05) is 6.54 Å². The van der Waals surface area contributed by atoms with Crippen molar-refractivity contribution >= 4 is 5.97 Å². The number of pyridine rings is 1. The smallest absolute Gasteiger partial charge is 0.303 e. The first kappa shape index (κ1) is 18.3. The topological polar surface area (TPSA) is 53.4 Å². The number of rotatable bonds is 8. The van der Waals surface area contributed by atoms with Gasteiger partial charge in [-0.3, -0.25) is 14.7 Å². The number of allylic oxidation sites excluding steroid dienone is 2. The zero-order chi connectivity index (χ0) is 18.2. The summed E-state index contributed by atoms with van der Waals surface area (Å²) in [5.41, 5.74) is 2.60. The highest BCUT2D eigenvalue weighted by molar-refractivity contribution is 5.66. The fraction of sp³-hybridized carbons (Fsp3) is 0.364. The number of carboxylic acids is 1. The first-order valence-electron chi connectivity index (χ1n) is 9.28. The van der Waals surface area contributed by atoms with Gasteiger partial charge in [0, 0.05) is 31.4 Å². The fourth-order valence-electron chi connectivity index (χ4n) is 3.80. The average molecular weight is 350 g/mol. The van der Waals surface area contributed by atoms with E-state index in [0.717, 1.165) is 25.9 Å². The van der Waals surface area contributed by atoms with E-state index in [2.05, 4.69) is 52.4 Å². The van der Waals surface area contributed by atoms with Crippen molar-refractivity contribution in [3.8, 4) is 0 Å². The molecule has 0 bridgehead atoms. The molecular formula is C22H26N2O2. The highest BCUT2D eigenvalue weighted by atomic mass is 16.4. The highest BCUT2D eigenvalue weighted by Crippen LogP contribution is 2.40. The van der Waals surface area contributed by atoms with E-state index in [1.807, 2.05) is 24.5 Å². The number of nitrogens with zero attached hydrogens (tertiary/aromatic N) is 2. The van der Waals surface area contributed by atoms with E-state index in [9.17, 15) is 4.79 Å². The molecule has 4 heteroatoms. The Kier molecular flexibility index (Phi) is 6.56. The monoisotopic (exact) mass is 350 g/mol. The summed E-state index contributed by atoms with van der Waals surface area (Å²) in [6.07, 6.45) is 10.9. The standard InChI is InChI=1S/C22H26N2O2/c25-21(26)12-6-2-5-10-19-13-15-24(17-18-8-3-1-4-9-18)22(19)20-11-7-14-23-16-20/h1-5,7-9,11,14,16,19,22H,6,10,12-13,15,17H2,(H,25,26)/b5-2-/t19-,22+/m0/s1. The summed E-state index contributed by atoms with van der Waals surface area (Å²) in [4.78, 5) is 17.5. The van der Waals surface area contributed by atoms with Crippen LogP contribution in [0.15, 0.2) is 67.0 Å². The molecule has 136 valence electrons. The number of aliphatic carboxylic acids is 1. The van der Waals surface area contributed by atoms with Gasteiger partial charge in [-0.05, 0) is 48.9 Å². The molecule has 0 saturated carbocycles. The minimum absolute atomic E-state index is 0.202. The van der Waals surface area contributed by atoms with Crippen LogP contribution in [0.5, 0.6) is 0 Å². The van der Waals surface area contributed by atoms with Gasteiger partial charge in [-0.15, -0.1) is 0 Å². The van der Waals surface area contributed by atoms with Crippen LogP contribution < -0.4 is 0 Å². The van der Waals surface area contributed by atoms with E-state index < -0.39 is 5.97 Å². The maximum atomic E-state index is 10.6. The molecule has 2 heterocycles. The summed E-state index contributed by atoms with van der Waals surface area (Å²) >= 11 is 0. The minimum atomic E-state index is -0.738. The van der Waals surface area contributed by atoms with E-state index in [0.29, 0.717) is 18.4 Å². The van der Waals surface area contributed by atoms with Gasteiger partial charge < -0.3 is 5.11 Å². The van der Waals surface area contributed by atoms with Crippen molar-refractivity contribution in [1.82, 2.24) is 9.88 Å². The predicted octanol–water partition coefficient (Wildman–Crippen LogP) is 4.46. The van der Waals surface area contributed by atoms with Crippen LogP contribution in [-0.4, -0.2) is 27.5 Å². The van der Waals surface area contributed by atoms with Gasteiger partial charge in [0.05, 0.1) is 0 Å². The summed E-state index contributed by atoms with van der Waals surface area (Å²) in [5, 5.41) is 8.74. The van der Waals surface area contributed by atoms with Gasteiger partial charge in [-0.1, -0.05) is 48.6 Å². The Morgan fingerprint density at radius 1 is 1.19 bits per heavy atom. The molecule has 0 amide bonds. The summed E-state index contributed by atoms with van der Waals surface area (Å²) < 4.78 is 0. The molecule has 2 atom stereocenters. The molecule has 1 aromatic carbocycles. The molecular weight excluding hydrogens is 324 g/mol. The molecule has 0 unspecified atom stereocenters. The number of benzene rings is 1. The first-order valence-corrected chi connectivity index (χ1v) is 9.28. The van der Waals surface area contributed by atoms with Crippen LogP contribution in [0.4, 0.5) is 0 Å². The van der Waals surface area contributed by atoms with Gasteiger partial charge in [-0.25, -0.2) is 0 Å². The molecule has 4 nitrogen and oxygen atoms in total. The lowest BCUT2D eigenvalue weighted by atomic mass is 9.91. The molecule has 2 aromatic rings. The Morgan fingerprint density at radius 2 is 2.04 bits per heavy atom. The minimum Gasteiger partial charge on any atom is -0.481 e. The number of carboxylic acid groups (broad SMARTS) is 1. The Bertz CT molecular complexity index is 715. The fourth-order valence-corrected chi connectivity index (χ4v) is 3.80. The highest BCUT2D eigenvalue weighted by Gasteiger charge is 2.34. The number of likely N-dealkylation sites (tertiary alicyclic amines) is 1. The van der Waals surface area contributed by atoms with Crippen molar-refractivity contribution in [1.29, 1.82) is 0 Å². The van der Waals surface area contributed by atoms with Crippen molar-refractivity contribution in [3.63, 3.8) is 0 Å². The molecule has 0 spiro atoms. The molecule has 1 N–H and O–H groups in total. The second-order valence-corrected chi connectivity index (χ2v) is 6.88. The summed E-state index contributed by atoms with van der Waals surface area (Å²) in [6.45, 7) is 2.02. The third-order valence-corrected chi connectivity index (χ3v) is 5.01. The van der Waals surface area contributed by atoms with Gasteiger partial charge in [0.1, 0.15) is 0 Å². The summed E-state index contributed by atoms with van der Waals surface area (Å²) in [5.74, 6) is -0.207. The zero-order valence-corrected chi connectivity index (χ0v) is 15.0. The van der Waals surface area contributed by atoms with Gasteiger partial charge in [0.2, 0.25) is 0 Å². The third-order valence-electron chi connectivity index (χ3n) is 5.01. The van der Waals surface area contributed by atoms with Gasteiger partial charge in [-0.2, -0.15) is 0 Å². The summed E-state index contributed by atoms with van der Waals surface area (Å²) in [6, 6.07) is 15.1. The number of carbonyl (C=O) groups is 1. The van der Waals surface area contributed by atoms with Crippen LogP contribution in [0.3, 0.4) is 0 Å². The maximum absolute atomic E-state index is 10.6. The molecule has 0 aliphatic carbocycles. The number of hydrogen-bond donors (Lipinski definition) is 1. The van der Waals surface area contributed by atoms with E-state index in [-0.39, 0.29) is 6.42 Å². The van der Waals surface area contributed by atoms with E-state index >= 15 is 0 Å². The first-order chi connectivity index (χ1) is 12.7. The van der Waals surface area contributed by atoms with Gasteiger partial charge in [0.25, 0.3) is 0 Å². The summed E-state index contributed by atoms with van der Waals surface area (Å²) in [7, 11) is 0. The molecule has 1 saturated heterocycles. The Labute approximate surface area is 155 Å². The molecule has 1 fully saturated rings. The molecule has 0 radical (unpaired) electrons. The average Bonchev–Trinajstić information content (AvgIpc) is 3.05. The van der Waals surface area contributed by atoms with E-state index in [4.69, 9.17) is 5.11 Å². The van der Waals surface area contributed by atoms with Crippen molar-refractivity contribution in [3.05, 3.63) is 78.1 Å². The van der Waals surface area contributed by atoms with Crippen molar-refractivity contribution < 1.29 is 9.90 Å². The van der Waals surface area contributed by atoms with Crippen LogP contribution in [0.1, 0.15) is 42.9 Å². The Morgan fingerprint density at radius 3 is 2.77 bits per heavy atom. The lowest BCUT2D eigenvalue weighted by Crippen LogP contribution is -2.25. The SMILES string of the molecule is O=C(O)CC/C=C\C[C@H]1CCN(Cc2ccccc2)[C@H]1c1cccnc1. The van der Waals surface area contributed by atoms with Crippen LogP contribution in [0, 0.1) is 5.92 Å². The molecule has 1 aliphatic heterocycles. The van der Waals surface area contributed by atoms with Crippen LogP contribution in [0.25, 0.3) is 0 Å². The maximum Gasteiger partial charge on any atom is 0.303 e. The lowest BCUT2D eigenvalue weighted by molar-refractivity contribution is -0.136. The Balaban J connectivity index is 1.69. The van der Waals surface area contributed by atoms with E-state index in [1.54, 1.807) is 0 Å². The third kappa shape index (κ3) is 5.02. The second kappa shape index (κ2) is 9.30. The van der Waals surface area contributed by atoms with Gasteiger partial charge >= 0.3 is 5.97 Å². The van der Waals surface area contributed by atoms with Gasteiger partial charge in [0.15, 0.2) is 0 Å². The normalized spacial score (nSPS) is 20.6.